The van der Waals surface area contributed by atoms with Crippen molar-refractivity contribution in [1.29, 1.82) is 0 Å². The van der Waals surface area contributed by atoms with Gasteiger partial charge in [0.25, 0.3) is 0 Å². The summed E-state index contributed by atoms with van der Waals surface area (Å²) in [6.45, 7) is 2.94. The van der Waals surface area contributed by atoms with Gasteiger partial charge < -0.3 is 10.0 Å². The first-order chi connectivity index (χ1) is 8.72. The molecule has 0 radical (unpaired) electrons. The SMILES string of the molecule is CCN(c1ncc(C(=O)O)cn1)C1CCCCC1. The Balaban J connectivity index is 2.13. The van der Waals surface area contributed by atoms with Gasteiger partial charge in [0.15, 0.2) is 0 Å². The monoisotopic (exact) mass is 249 g/mol. The highest BCUT2D eigenvalue weighted by atomic mass is 16.4. The van der Waals surface area contributed by atoms with Gasteiger partial charge in [0.05, 0.1) is 5.56 Å². The smallest absolute Gasteiger partial charge is 0.338 e. The van der Waals surface area contributed by atoms with E-state index in [1.807, 2.05) is 0 Å². The molecule has 1 N–H and O–H groups in total. The number of carboxylic acid groups (broad SMARTS) is 1. The van der Waals surface area contributed by atoms with Crippen molar-refractivity contribution in [2.24, 2.45) is 0 Å². The molecule has 0 saturated heterocycles. The summed E-state index contributed by atoms with van der Waals surface area (Å²) in [6.07, 6.45) is 8.96. The van der Waals surface area contributed by atoms with E-state index in [0.717, 1.165) is 6.54 Å². The summed E-state index contributed by atoms with van der Waals surface area (Å²) in [5.74, 6) is -0.336. The zero-order valence-corrected chi connectivity index (χ0v) is 10.7. The third-order valence-corrected chi connectivity index (χ3v) is 3.50. The largest absolute Gasteiger partial charge is 0.478 e. The van der Waals surface area contributed by atoms with Gasteiger partial charge in [0.2, 0.25) is 5.95 Å². The Morgan fingerprint density at radius 2 is 1.94 bits per heavy atom. The van der Waals surface area contributed by atoms with Crippen LogP contribution in [-0.4, -0.2) is 33.6 Å². The van der Waals surface area contributed by atoms with Crippen LogP contribution < -0.4 is 4.90 Å². The molecule has 5 heteroatoms. The Hall–Kier alpha value is -1.65. The van der Waals surface area contributed by atoms with Crippen molar-refractivity contribution >= 4 is 11.9 Å². The second-order valence-electron chi connectivity index (χ2n) is 4.65. The molecule has 1 heterocycles. The normalized spacial score (nSPS) is 16.5. The first-order valence-corrected chi connectivity index (χ1v) is 6.54. The zero-order chi connectivity index (χ0) is 13.0. The maximum atomic E-state index is 10.8. The van der Waals surface area contributed by atoms with E-state index in [1.165, 1.54) is 44.5 Å². The quantitative estimate of drug-likeness (QED) is 0.887. The molecule has 5 nitrogen and oxygen atoms in total. The predicted octanol–water partition coefficient (Wildman–Crippen LogP) is 2.33. The molecule has 2 rings (SSSR count). The highest BCUT2D eigenvalue weighted by molar-refractivity contribution is 5.86. The van der Waals surface area contributed by atoms with E-state index in [1.54, 1.807) is 0 Å². The molecule has 0 aromatic carbocycles. The average molecular weight is 249 g/mol. The molecular weight excluding hydrogens is 230 g/mol. The number of hydrogen-bond acceptors (Lipinski definition) is 4. The van der Waals surface area contributed by atoms with E-state index in [9.17, 15) is 4.79 Å². The van der Waals surface area contributed by atoms with Crippen molar-refractivity contribution in [3.63, 3.8) is 0 Å². The molecule has 1 aromatic heterocycles. The first-order valence-electron chi connectivity index (χ1n) is 6.54. The number of nitrogens with zero attached hydrogens (tertiary/aromatic N) is 3. The third-order valence-electron chi connectivity index (χ3n) is 3.50. The zero-order valence-electron chi connectivity index (χ0n) is 10.7. The van der Waals surface area contributed by atoms with Gasteiger partial charge in [-0.25, -0.2) is 14.8 Å². The topological polar surface area (TPSA) is 66.3 Å². The number of rotatable bonds is 4. The van der Waals surface area contributed by atoms with Crippen LogP contribution in [-0.2, 0) is 0 Å². The molecule has 1 aromatic rings. The summed E-state index contributed by atoms with van der Waals surface area (Å²) in [5.41, 5.74) is 0.137. The average Bonchev–Trinajstić information content (AvgIpc) is 2.41. The summed E-state index contributed by atoms with van der Waals surface area (Å²) >= 11 is 0. The fraction of sp³-hybridized carbons (Fsp3) is 0.615. The second-order valence-corrected chi connectivity index (χ2v) is 4.65. The van der Waals surface area contributed by atoms with Crippen LogP contribution in [0.2, 0.25) is 0 Å². The van der Waals surface area contributed by atoms with Gasteiger partial charge >= 0.3 is 5.97 Å². The summed E-state index contributed by atoms with van der Waals surface area (Å²) in [7, 11) is 0. The Kier molecular flexibility index (Phi) is 4.12. The van der Waals surface area contributed by atoms with Crippen LogP contribution in [0.4, 0.5) is 5.95 Å². The van der Waals surface area contributed by atoms with E-state index in [-0.39, 0.29) is 5.56 Å². The third kappa shape index (κ3) is 2.78. The molecule has 0 spiro atoms. The highest BCUT2D eigenvalue weighted by Crippen LogP contribution is 2.24. The molecule has 1 fully saturated rings. The maximum Gasteiger partial charge on any atom is 0.338 e. The van der Waals surface area contributed by atoms with Crippen LogP contribution in [0.3, 0.4) is 0 Å². The standard InChI is InChI=1S/C13H19N3O2/c1-2-16(11-6-4-3-5-7-11)13-14-8-10(9-15-13)12(17)18/h8-9,11H,2-7H2,1H3,(H,17,18). The summed E-state index contributed by atoms with van der Waals surface area (Å²) in [5, 5.41) is 8.83. The highest BCUT2D eigenvalue weighted by Gasteiger charge is 2.22. The second kappa shape index (κ2) is 5.80. The number of aromatic carboxylic acids is 1. The minimum absolute atomic E-state index is 0.137. The summed E-state index contributed by atoms with van der Waals surface area (Å²) in [6, 6.07) is 0.499. The minimum Gasteiger partial charge on any atom is -0.478 e. The molecular formula is C13H19N3O2. The van der Waals surface area contributed by atoms with E-state index in [2.05, 4.69) is 21.8 Å². The fourth-order valence-electron chi connectivity index (χ4n) is 2.54. The van der Waals surface area contributed by atoms with Gasteiger partial charge in [-0.1, -0.05) is 19.3 Å². The lowest BCUT2D eigenvalue weighted by molar-refractivity contribution is 0.0696. The van der Waals surface area contributed by atoms with Crippen molar-refractivity contribution in [1.82, 2.24) is 9.97 Å². The molecule has 98 valence electrons. The van der Waals surface area contributed by atoms with Gasteiger partial charge in [-0.15, -0.1) is 0 Å². The van der Waals surface area contributed by atoms with E-state index < -0.39 is 5.97 Å². The Bertz CT molecular complexity index is 399. The van der Waals surface area contributed by atoms with Crippen molar-refractivity contribution in [3.05, 3.63) is 18.0 Å². The molecule has 0 bridgehead atoms. The lowest BCUT2D eigenvalue weighted by Gasteiger charge is -2.33. The predicted molar refractivity (Wildman–Crippen MR) is 68.9 cm³/mol. The lowest BCUT2D eigenvalue weighted by atomic mass is 9.94. The Labute approximate surface area is 107 Å². The molecule has 0 atom stereocenters. The van der Waals surface area contributed by atoms with Crippen molar-refractivity contribution in [3.8, 4) is 0 Å². The van der Waals surface area contributed by atoms with E-state index in [4.69, 9.17) is 5.11 Å². The summed E-state index contributed by atoms with van der Waals surface area (Å²) < 4.78 is 0. The van der Waals surface area contributed by atoms with Crippen LogP contribution in [0.15, 0.2) is 12.4 Å². The van der Waals surface area contributed by atoms with Crippen LogP contribution in [0, 0.1) is 0 Å². The van der Waals surface area contributed by atoms with Crippen molar-refractivity contribution < 1.29 is 9.90 Å². The lowest BCUT2D eigenvalue weighted by Crippen LogP contribution is -2.37. The van der Waals surface area contributed by atoms with Gasteiger partial charge in [0, 0.05) is 25.0 Å². The summed E-state index contributed by atoms with van der Waals surface area (Å²) in [4.78, 5) is 21.3. The maximum absolute atomic E-state index is 10.8. The molecule has 18 heavy (non-hydrogen) atoms. The van der Waals surface area contributed by atoms with Gasteiger partial charge in [0.1, 0.15) is 0 Å². The van der Waals surface area contributed by atoms with Gasteiger partial charge in [-0.2, -0.15) is 0 Å². The van der Waals surface area contributed by atoms with Crippen LogP contribution in [0.1, 0.15) is 49.4 Å². The molecule has 0 amide bonds. The number of carbonyl (C=O) groups is 1. The van der Waals surface area contributed by atoms with Crippen LogP contribution in [0.25, 0.3) is 0 Å². The number of aromatic nitrogens is 2. The molecule has 1 aliphatic rings. The number of anilines is 1. The Morgan fingerprint density at radius 3 is 2.44 bits per heavy atom. The number of carboxylic acids is 1. The van der Waals surface area contributed by atoms with Crippen molar-refractivity contribution in [2.75, 3.05) is 11.4 Å². The van der Waals surface area contributed by atoms with Crippen LogP contribution >= 0.6 is 0 Å². The molecule has 1 aliphatic carbocycles. The van der Waals surface area contributed by atoms with Crippen molar-refractivity contribution in [2.45, 2.75) is 45.1 Å². The van der Waals surface area contributed by atoms with Crippen LogP contribution in [0.5, 0.6) is 0 Å². The molecule has 1 saturated carbocycles. The number of hydrogen-bond donors (Lipinski definition) is 1. The first kappa shape index (κ1) is 12.8. The fourth-order valence-corrected chi connectivity index (χ4v) is 2.54. The minimum atomic E-state index is -0.984. The van der Waals surface area contributed by atoms with E-state index in [0.29, 0.717) is 12.0 Å². The molecule has 0 aliphatic heterocycles. The molecule has 0 unspecified atom stereocenters. The van der Waals surface area contributed by atoms with Gasteiger partial charge in [-0.05, 0) is 19.8 Å². The van der Waals surface area contributed by atoms with Gasteiger partial charge in [-0.3, -0.25) is 0 Å². The van der Waals surface area contributed by atoms with E-state index >= 15 is 0 Å². The Morgan fingerprint density at radius 1 is 1.33 bits per heavy atom.